The molecule has 0 fully saturated rings. The van der Waals surface area contributed by atoms with Crippen molar-refractivity contribution in [2.24, 2.45) is 0 Å². The SMILES string of the molecule is O=S(=O)(C(F)F)N(CCBr)CC(F)(F)F. The van der Waals surface area contributed by atoms with Gasteiger partial charge in [0.15, 0.2) is 0 Å². The predicted octanol–water partition coefficient (Wildman–Crippen LogP) is 1.80. The molecule has 0 N–H and O–H groups in total. The van der Waals surface area contributed by atoms with Crippen molar-refractivity contribution in [1.82, 2.24) is 4.31 Å². The quantitative estimate of drug-likeness (QED) is 0.572. The molecule has 3 nitrogen and oxygen atoms in total. The van der Waals surface area contributed by atoms with Gasteiger partial charge < -0.3 is 0 Å². The van der Waals surface area contributed by atoms with Gasteiger partial charge in [0, 0.05) is 11.9 Å². The normalized spacial score (nSPS) is 13.9. The molecule has 0 spiro atoms. The van der Waals surface area contributed by atoms with E-state index in [-0.39, 0.29) is 9.64 Å². The molecule has 0 aliphatic rings. The molecule has 0 saturated carbocycles. The van der Waals surface area contributed by atoms with Gasteiger partial charge in [-0.05, 0) is 0 Å². The van der Waals surface area contributed by atoms with E-state index < -0.39 is 35.0 Å². The zero-order chi connectivity index (χ0) is 12.3. The third-order valence-electron chi connectivity index (χ3n) is 1.27. The van der Waals surface area contributed by atoms with Crippen molar-refractivity contribution < 1.29 is 30.4 Å². The van der Waals surface area contributed by atoms with E-state index >= 15 is 0 Å². The third-order valence-corrected chi connectivity index (χ3v) is 3.11. The zero-order valence-electron chi connectivity index (χ0n) is 7.14. The first-order chi connectivity index (χ1) is 6.61. The van der Waals surface area contributed by atoms with Gasteiger partial charge in [0.05, 0.1) is 0 Å². The van der Waals surface area contributed by atoms with Gasteiger partial charge in [-0.3, -0.25) is 0 Å². The highest BCUT2D eigenvalue weighted by atomic mass is 79.9. The van der Waals surface area contributed by atoms with Crippen LogP contribution in [0.15, 0.2) is 0 Å². The van der Waals surface area contributed by atoms with Crippen LogP contribution in [-0.2, 0) is 10.0 Å². The highest BCUT2D eigenvalue weighted by Crippen LogP contribution is 2.21. The van der Waals surface area contributed by atoms with Gasteiger partial charge in [0.2, 0.25) is 0 Å². The third kappa shape index (κ3) is 5.07. The summed E-state index contributed by atoms with van der Waals surface area (Å²) in [6.45, 7) is -2.57. The molecule has 0 aliphatic carbocycles. The molecule has 0 aromatic heterocycles. The van der Waals surface area contributed by atoms with Crippen molar-refractivity contribution in [3.05, 3.63) is 0 Å². The molecule has 0 aromatic rings. The predicted molar refractivity (Wildman–Crippen MR) is 46.3 cm³/mol. The van der Waals surface area contributed by atoms with Gasteiger partial charge in [0.25, 0.3) is 10.0 Å². The van der Waals surface area contributed by atoms with Crippen LogP contribution in [0.5, 0.6) is 0 Å². The molecule has 10 heteroatoms. The number of hydrogen-bond acceptors (Lipinski definition) is 2. The van der Waals surface area contributed by atoms with Crippen LogP contribution < -0.4 is 0 Å². The Morgan fingerprint density at radius 1 is 1.27 bits per heavy atom. The molecule has 92 valence electrons. The van der Waals surface area contributed by atoms with Crippen molar-refractivity contribution in [1.29, 1.82) is 0 Å². The van der Waals surface area contributed by atoms with E-state index in [9.17, 15) is 30.4 Å². The maximum Gasteiger partial charge on any atom is 0.402 e. The van der Waals surface area contributed by atoms with Crippen LogP contribution in [0.1, 0.15) is 0 Å². The Hall–Kier alpha value is 0.0400. The fraction of sp³-hybridized carbons (Fsp3) is 1.00. The highest BCUT2D eigenvalue weighted by molar-refractivity contribution is 9.09. The van der Waals surface area contributed by atoms with Crippen LogP contribution in [0.4, 0.5) is 22.0 Å². The van der Waals surface area contributed by atoms with Crippen LogP contribution in [0.25, 0.3) is 0 Å². The number of sulfonamides is 1. The lowest BCUT2D eigenvalue weighted by Gasteiger charge is -2.21. The van der Waals surface area contributed by atoms with Crippen LogP contribution in [0.2, 0.25) is 0 Å². The second kappa shape index (κ2) is 5.39. The monoisotopic (exact) mass is 319 g/mol. The summed E-state index contributed by atoms with van der Waals surface area (Å²) in [6, 6.07) is 0. The second-order valence-corrected chi connectivity index (χ2v) is 5.14. The molecule has 0 amide bonds. The van der Waals surface area contributed by atoms with E-state index in [2.05, 4.69) is 15.9 Å². The van der Waals surface area contributed by atoms with Gasteiger partial charge in [-0.25, -0.2) is 8.42 Å². The van der Waals surface area contributed by atoms with Crippen LogP contribution in [0, 0.1) is 0 Å². The number of rotatable bonds is 5. The lowest BCUT2D eigenvalue weighted by atomic mass is 10.6. The second-order valence-electron chi connectivity index (χ2n) is 2.44. The highest BCUT2D eigenvalue weighted by Gasteiger charge is 2.39. The van der Waals surface area contributed by atoms with Gasteiger partial charge in [-0.1, -0.05) is 15.9 Å². The van der Waals surface area contributed by atoms with E-state index in [1.807, 2.05) is 0 Å². The molecule has 0 rings (SSSR count). The zero-order valence-corrected chi connectivity index (χ0v) is 9.54. The summed E-state index contributed by atoms with van der Waals surface area (Å²) < 4.78 is 80.7. The molecule has 0 aromatic carbocycles. The Morgan fingerprint density at radius 2 is 1.73 bits per heavy atom. The summed E-state index contributed by atoms with van der Waals surface area (Å²) in [5.74, 6) is -3.85. The molecule has 15 heavy (non-hydrogen) atoms. The number of hydrogen-bond donors (Lipinski definition) is 0. The Balaban J connectivity index is 4.83. The smallest absolute Gasteiger partial charge is 0.206 e. The van der Waals surface area contributed by atoms with Crippen LogP contribution in [0.3, 0.4) is 0 Å². The van der Waals surface area contributed by atoms with Gasteiger partial charge in [0.1, 0.15) is 6.54 Å². The van der Waals surface area contributed by atoms with Crippen molar-refractivity contribution in [3.8, 4) is 0 Å². The summed E-state index contributed by atoms with van der Waals surface area (Å²) in [4.78, 5) is 0. The molecule has 0 radical (unpaired) electrons. The van der Waals surface area contributed by atoms with E-state index in [4.69, 9.17) is 0 Å². The first-order valence-corrected chi connectivity index (χ1v) is 6.13. The Labute approximate surface area is 91.4 Å². The largest absolute Gasteiger partial charge is 0.402 e. The summed E-state index contributed by atoms with van der Waals surface area (Å²) in [5.41, 5.74) is 0. The number of alkyl halides is 6. The molecule has 0 aliphatic heterocycles. The van der Waals surface area contributed by atoms with E-state index in [0.717, 1.165) is 0 Å². The fourth-order valence-corrected chi connectivity index (χ4v) is 2.26. The first-order valence-electron chi connectivity index (χ1n) is 3.51. The lowest BCUT2D eigenvalue weighted by molar-refractivity contribution is -0.136. The van der Waals surface area contributed by atoms with Gasteiger partial charge in [-0.15, -0.1) is 0 Å². The molecule has 0 bridgehead atoms. The lowest BCUT2D eigenvalue weighted by Crippen LogP contribution is -2.42. The maximum atomic E-state index is 11.9. The molecule has 0 atom stereocenters. The van der Waals surface area contributed by atoms with E-state index in [0.29, 0.717) is 0 Å². The maximum absolute atomic E-state index is 11.9. The van der Waals surface area contributed by atoms with E-state index in [1.165, 1.54) is 0 Å². The minimum atomic E-state index is -5.18. The molecule has 0 heterocycles. The van der Waals surface area contributed by atoms with Crippen LogP contribution in [-0.4, -0.2) is 43.1 Å². The molecule has 0 unspecified atom stereocenters. The topological polar surface area (TPSA) is 37.4 Å². The first kappa shape index (κ1) is 15.0. The van der Waals surface area contributed by atoms with E-state index in [1.54, 1.807) is 0 Å². The fourth-order valence-electron chi connectivity index (χ4n) is 0.703. The van der Waals surface area contributed by atoms with Crippen LogP contribution >= 0.6 is 15.9 Å². The Morgan fingerprint density at radius 3 is 2.00 bits per heavy atom. The minimum absolute atomic E-state index is 0.158. The average molecular weight is 320 g/mol. The average Bonchev–Trinajstić information content (AvgIpc) is 2.00. The van der Waals surface area contributed by atoms with Crippen molar-refractivity contribution >= 4 is 26.0 Å². The molecule has 0 saturated heterocycles. The van der Waals surface area contributed by atoms with Gasteiger partial charge in [-0.2, -0.15) is 26.3 Å². The van der Waals surface area contributed by atoms with Crippen molar-refractivity contribution in [2.75, 3.05) is 18.4 Å². The standard InChI is InChI=1S/C5H7BrF5NO2S/c6-1-2-12(3-5(9,10)11)15(13,14)4(7)8/h4H,1-3H2. The van der Waals surface area contributed by atoms with Crippen molar-refractivity contribution in [2.45, 2.75) is 11.9 Å². The summed E-state index contributed by atoms with van der Waals surface area (Å²) in [7, 11) is -5.18. The summed E-state index contributed by atoms with van der Waals surface area (Å²) >= 11 is 2.68. The molecular formula is C5H7BrF5NO2S. The summed E-state index contributed by atoms with van der Waals surface area (Å²) in [5, 5.41) is -0.158. The summed E-state index contributed by atoms with van der Waals surface area (Å²) in [6.07, 6.45) is -4.84. The Bertz CT molecular complexity index is 290. The number of halogens is 6. The number of nitrogens with zero attached hydrogens (tertiary/aromatic N) is 1. The Kier molecular flexibility index (Phi) is 5.41. The minimum Gasteiger partial charge on any atom is -0.206 e. The van der Waals surface area contributed by atoms with Gasteiger partial charge >= 0.3 is 11.9 Å². The van der Waals surface area contributed by atoms with Crippen molar-refractivity contribution in [3.63, 3.8) is 0 Å². The molecular weight excluding hydrogens is 313 g/mol.